The first-order valence-electron chi connectivity index (χ1n) is 4.79. The maximum absolute atomic E-state index is 2.61. The van der Waals surface area contributed by atoms with Gasteiger partial charge in [-0.05, 0) is 31.3 Å². The van der Waals surface area contributed by atoms with Crippen LogP contribution < -0.4 is 0 Å². The van der Waals surface area contributed by atoms with Crippen molar-refractivity contribution in [2.75, 3.05) is 13.1 Å². The summed E-state index contributed by atoms with van der Waals surface area (Å²) in [5, 5.41) is 0. The smallest absolute Gasteiger partial charge is 0.0144 e. The molecule has 0 amide bonds. The quantitative estimate of drug-likeness (QED) is 0.562. The number of nitrogens with zero attached hydrogens (tertiary/aromatic N) is 1. The van der Waals surface area contributed by atoms with Gasteiger partial charge in [0.25, 0.3) is 0 Å². The minimum Gasteiger partial charge on any atom is -0.300 e. The lowest BCUT2D eigenvalue weighted by atomic mass is 9.85. The SMILES string of the molecule is CCN1CCC[C@@H]1C(C)(C)C. The van der Waals surface area contributed by atoms with E-state index < -0.39 is 0 Å². The average Bonchev–Trinajstić information content (AvgIpc) is 2.31. The highest BCUT2D eigenvalue weighted by Gasteiger charge is 2.32. The summed E-state index contributed by atoms with van der Waals surface area (Å²) in [7, 11) is 0. The summed E-state index contributed by atoms with van der Waals surface area (Å²) in [6, 6.07) is 0.826. The van der Waals surface area contributed by atoms with Gasteiger partial charge in [-0.25, -0.2) is 0 Å². The molecule has 1 heteroatoms. The largest absolute Gasteiger partial charge is 0.300 e. The molecule has 0 aliphatic carbocycles. The summed E-state index contributed by atoms with van der Waals surface area (Å²) < 4.78 is 0. The highest BCUT2D eigenvalue weighted by atomic mass is 15.2. The highest BCUT2D eigenvalue weighted by Crippen LogP contribution is 2.31. The van der Waals surface area contributed by atoms with E-state index in [4.69, 9.17) is 0 Å². The number of likely N-dealkylation sites (tertiary alicyclic amines) is 1. The van der Waals surface area contributed by atoms with E-state index in [2.05, 4.69) is 32.6 Å². The van der Waals surface area contributed by atoms with Crippen LogP contribution in [0, 0.1) is 5.41 Å². The van der Waals surface area contributed by atoms with Gasteiger partial charge in [0, 0.05) is 6.04 Å². The first-order chi connectivity index (χ1) is 5.05. The molecule has 1 aliphatic heterocycles. The van der Waals surface area contributed by atoms with Crippen LogP contribution in [0.15, 0.2) is 0 Å². The zero-order valence-corrected chi connectivity index (χ0v) is 8.35. The maximum atomic E-state index is 2.61. The number of hydrogen-bond donors (Lipinski definition) is 0. The summed E-state index contributed by atoms with van der Waals surface area (Å²) in [4.78, 5) is 2.61. The van der Waals surface area contributed by atoms with Crippen LogP contribution in [0.4, 0.5) is 0 Å². The molecule has 0 unspecified atom stereocenters. The van der Waals surface area contributed by atoms with Crippen molar-refractivity contribution in [1.82, 2.24) is 4.90 Å². The molecular weight excluding hydrogens is 134 g/mol. The van der Waals surface area contributed by atoms with Gasteiger partial charge in [0.15, 0.2) is 0 Å². The molecule has 0 radical (unpaired) electrons. The maximum Gasteiger partial charge on any atom is 0.0144 e. The average molecular weight is 155 g/mol. The van der Waals surface area contributed by atoms with Crippen LogP contribution in [0.5, 0.6) is 0 Å². The Hall–Kier alpha value is -0.0400. The molecule has 1 atom stereocenters. The molecular formula is C10H21N. The molecule has 0 aromatic heterocycles. The Morgan fingerprint density at radius 2 is 2.00 bits per heavy atom. The van der Waals surface area contributed by atoms with Crippen LogP contribution in [0.2, 0.25) is 0 Å². The predicted molar refractivity (Wildman–Crippen MR) is 49.7 cm³/mol. The fourth-order valence-corrected chi connectivity index (χ4v) is 2.19. The van der Waals surface area contributed by atoms with Crippen molar-refractivity contribution in [2.45, 2.75) is 46.6 Å². The molecule has 0 bridgehead atoms. The third kappa shape index (κ3) is 1.96. The molecule has 0 aromatic rings. The molecule has 1 aliphatic rings. The van der Waals surface area contributed by atoms with Gasteiger partial charge in [-0.2, -0.15) is 0 Å². The molecule has 1 fully saturated rings. The second-order valence-corrected chi connectivity index (χ2v) is 4.65. The van der Waals surface area contributed by atoms with Crippen LogP contribution in [0.3, 0.4) is 0 Å². The van der Waals surface area contributed by atoms with Gasteiger partial charge in [0.2, 0.25) is 0 Å². The zero-order valence-electron chi connectivity index (χ0n) is 8.35. The topological polar surface area (TPSA) is 3.24 Å². The van der Waals surface area contributed by atoms with Crippen molar-refractivity contribution in [3.05, 3.63) is 0 Å². The Balaban J connectivity index is 2.57. The van der Waals surface area contributed by atoms with E-state index in [0.717, 1.165) is 6.04 Å². The van der Waals surface area contributed by atoms with E-state index in [-0.39, 0.29) is 0 Å². The lowest BCUT2D eigenvalue weighted by molar-refractivity contribution is 0.147. The molecule has 0 saturated carbocycles. The van der Waals surface area contributed by atoms with Crippen molar-refractivity contribution >= 4 is 0 Å². The van der Waals surface area contributed by atoms with Crippen LogP contribution in [0.1, 0.15) is 40.5 Å². The predicted octanol–water partition coefficient (Wildman–Crippen LogP) is 2.52. The van der Waals surface area contributed by atoms with Gasteiger partial charge < -0.3 is 4.90 Å². The minimum absolute atomic E-state index is 0.479. The summed E-state index contributed by atoms with van der Waals surface area (Å²) >= 11 is 0. The monoisotopic (exact) mass is 155 g/mol. The third-order valence-electron chi connectivity index (χ3n) is 2.77. The van der Waals surface area contributed by atoms with Crippen LogP contribution in [-0.2, 0) is 0 Å². The first kappa shape index (κ1) is 9.05. The van der Waals surface area contributed by atoms with Crippen molar-refractivity contribution in [1.29, 1.82) is 0 Å². The standard InChI is InChI=1S/C10H21N/c1-5-11-8-6-7-9(11)10(2,3)4/h9H,5-8H2,1-4H3/t9-/m1/s1. The second-order valence-electron chi connectivity index (χ2n) is 4.65. The molecule has 1 nitrogen and oxygen atoms in total. The minimum atomic E-state index is 0.479. The second kappa shape index (κ2) is 3.14. The van der Waals surface area contributed by atoms with Gasteiger partial charge in [-0.3, -0.25) is 0 Å². The Bertz CT molecular complexity index is 123. The number of hydrogen-bond acceptors (Lipinski definition) is 1. The molecule has 66 valence electrons. The molecule has 1 rings (SSSR count). The lowest BCUT2D eigenvalue weighted by Crippen LogP contribution is -2.39. The first-order valence-corrected chi connectivity index (χ1v) is 4.79. The molecule has 1 saturated heterocycles. The fraction of sp³-hybridized carbons (Fsp3) is 1.00. The summed E-state index contributed by atoms with van der Waals surface area (Å²) in [5.74, 6) is 0. The van der Waals surface area contributed by atoms with Gasteiger partial charge in [-0.15, -0.1) is 0 Å². The van der Waals surface area contributed by atoms with Crippen molar-refractivity contribution in [3.8, 4) is 0 Å². The van der Waals surface area contributed by atoms with Crippen LogP contribution in [-0.4, -0.2) is 24.0 Å². The van der Waals surface area contributed by atoms with E-state index in [9.17, 15) is 0 Å². The van der Waals surface area contributed by atoms with E-state index in [1.807, 2.05) is 0 Å². The van der Waals surface area contributed by atoms with Gasteiger partial charge in [0.1, 0.15) is 0 Å². The van der Waals surface area contributed by atoms with Gasteiger partial charge >= 0.3 is 0 Å². The zero-order chi connectivity index (χ0) is 8.48. The van der Waals surface area contributed by atoms with Crippen molar-refractivity contribution < 1.29 is 0 Å². The number of rotatable bonds is 1. The Kier molecular flexibility index (Phi) is 2.58. The third-order valence-corrected chi connectivity index (χ3v) is 2.77. The molecule has 11 heavy (non-hydrogen) atoms. The van der Waals surface area contributed by atoms with Crippen LogP contribution in [0.25, 0.3) is 0 Å². The Morgan fingerprint density at radius 1 is 1.36 bits per heavy atom. The highest BCUT2D eigenvalue weighted by molar-refractivity contribution is 4.87. The lowest BCUT2D eigenvalue weighted by Gasteiger charge is -2.34. The van der Waals surface area contributed by atoms with Gasteiger partial charge in [-0.1, -0.05) is 27.7 Å². The van der Waals surface area contributed by atoms with Gasteiger partial charge in [0.05, 0.1) is 0 Å². The van der Waals surface area contributed by atoms with E-state index in [0.29, 0.717) is 5.41 Å². The summed E-state index contributed by atoms with van der Waals surface area (Å²) in [6.07, 6.45) is 2.80. The fourth-order valence-electron chi connectivity index (χ4n) is 2.19. The Labute approximate surface area is 70.8 Å². The van der Waals surface area contributed by atoms with E-state index >= 15 is 0 Å². The van der Waals surface area contributed by atoms with E-state index in [1.54, 1.807) is 0 Å². The normalized spacial score (nSPS) is 27.8. The van der Waals surface area contributed by atoms with Crippen molar-refractivity contribution in [2.24, 2.45) is 5.41 Å². The summed E-state index contributed by atoms with van der Waals surface area (Å²) in [6.45, 7) is 11.9. The van der Waals surface area contributed by atoms with E-state index in [1.165, 1.54) is 25.9 Å². The molecule has 0 N–H and O–H groups in total. The molecule has 0 spiro atoms. The molecule has 1 heterocycles. The van der Waals surface area contributed by atoms with Crippen molar-refractivity contribution in [3.63, 3.8) is 0 Å². The Morgan fingerprint density at radius 3 is 2.36 bits per heavy atom. The summed E-state index contributed by atoms with van der Waals surface area (Å²) in [5.41, 5.74) is 0.479. The molecule has 0 aromatic carbocycles. The van der Waals surface area contributed by atoms with Crippen LogP contribution >= 0.6 is 0 Å².